The topological polar surface area (TPSA) is 127 Å². The number of ether oxygens (including phenoxy) is 2. The summed E-state index contributed by atoms with van der Waals surface area (Å²) in [5.41, 5.74) is 2.19. The first-order chi connectivity index (χ1) is 13.7. The van der Waals surface area contributed by atoms with Gasteiger partial charge in [-0.2, -0.15) is 0 Å². The summed E-state index contributed by atoms with van der Waals surface area (Å²) in [5.74, 6) is -0.944. The van der Waals surface area contributed by atoms with Crippen molar-refractivity contribution >= 4 is 21.9 Å². The minimum Gasteiger partial charge on any atom is -0.460 e. The van der Waals surface area contributed by atoms with Crippen molar-refractivity contribution in [1.82, 2.24) is 15.0 Å². The van der Waals surface area contributed by atoms with Crippen molar-refractivity contribution in [2.75, 3.05) is 27.4 Å². The van der Waals surface area contributed by atoms with Crippen LogP contribution in [0.4, 0.5) is 0 Å². The van der Waals surface area contributed by atoms with Gasteiger partial charge < -0.3 is 19.8 Å². The Hall–Kier alpha value is -2.69. The van der Waals surface area contributed by atoms with Crippen LogP contribution in [0.5, 0.6) is 0 Å². The monoisotopic (exact) mass is 423 g/mol. The lowest BCUT2D eigenvalue weighted by Crippen LogP contribution is -2.24. The number of carbonyl (C=O) groups excluding carboxylic acids is 2. The molecule has 3 N–H and O–H groups in total. The van der Waals surface area contributed by atoms with E-state index in [1.807, 2.05) is 0 Å². The molecule has 9 nitrogen and oxygen atoms in total. The number of nitrogens with one attached hydrogen (secondary N) is 3. The van der Waals surface area contributed by atoms with Crippen LogP contribution in [0.15, 0.2) is 29.2 Å². The van der Waals surface area contributed by atoms with E-state index in [0.717, 1.165) is 0 Å². The zero-order valence-corrected chi connectivity index (χ0v) is 17.6. The largest absolute Gasteiger partial charge is 0.460 e. The second-order valence-corrected chi connectivity index (χ2v) is 8.18. The molecule has 158 valence electrons. The first-order valence-corrected chi connectivity index (χ1v) is 10.4. The van der Waals surface area contributed by atoms with Gasteiger partial charge in [-0.15, -0.1) is 0 Å². The molecule has 1 aromatic carbocycles. The summed E-state index contributed by atoms with van der Waals surface area (Å²) < 4.78 is 36.0. The fourth-order valence-electron chi connectivity index (χ4n) is 2.78. The van der Waals surface area contributed by atoms with E-state index in [-0.39, 0.29) is 30.3 Å². The predicted molar refractivity (Wildman–Crippen MR) is 106 cm³/mol. The molecule has 1 amide bonds. The molecule has 0 fully saturated rings. The number of hydrogen-bond acceptors (Lipinski definition) is 6. The number of esters is 1. The average molecular weight is 423 g/mol. The summed E-state index contributed by atoms with van der Waals surface area (Å²) in [6.07, 6.45) is 0. The van der Waals surface area contributed by atoms with E-state index in [1.54, 1.807) is 26.0 Å². The summed E-state index contributed by atoms with van der Waals surface area (Å²) >= 11 is 0. The van der Waals surface area contributed by atoms with Crippen molar-refractivity contribution in [2.45, 2.75) is 25.3 Å². The highest BCUT2D eigenvalue weighted by Crippen LogP contribution is 2.19. The van der Waals surface area contributed by atoms with Crippen molar-refractivity contribution in [3.63, 3.8) is 0 Å². The number of aromatic nitrogens is 1. The van der Waals surface area contributed by atoms with Crippen LogP contribution in [-0.4, -0.2) is 52.6 Å². The summed E-state index contributed by atoms with van der Waals surface area (Å²) in [7, 11) is -0.731. The van der Waals surface area contributed by atoms with Gasteiger partial charge in [-0.3, -0.25) is 4.79 Å². The summed E-state index contributed by atoms with van der Waals surface area (Å²) in [5, 5.41) is 2.73. The van der Waals surface area contributed by atoms with Crippen LogP contribution >= 0.6 is 0 Å². The highest BCUT2D eigenvalue weighted by Gasteiger charge is 2.23. The Labute approximate surface area is 169 Å². The van der Waals surface area contributed by atoms with Gasteiger partial charge in [-0.25, -0.2) is 17.9 Å². The maximum absolute atomic E-state index is 12.6. The number of amides is 1. The molecule has 0 aliphatic heterocycles. The highest BCUT2D eigenvalue weighted by molar-refractivity contribution is 7.89. The van der Waals surface area contributed by atoms with Crippen molar-refractivity contribution < 1.29 is 27.5 Å². The number of methoxy groups -OCH3 is 1. The molecule has 29 heavy (non-hydrogen) atoms. The molecule has 0 spiro atoms. The Kier molecular flexibility index (Phi) is 7.54. The van der Waals surface area contributed by atoms with E-state index in [0.29, 0.717) is 22.4 Å². The standard InChI is InChI=1S/C19H25N3O6S/c1-12-16(19(24)28-9-8-27-4)13(2)22-17(12)18(23)21-11-14-6-5-7-15(10-14)29(25,26)20-3/h5-7,10,20,22H,8-9,11H2,1-4H3,(H,21,23). The molecule has 0 radical (unpaired) electrons. The zero-order chi connectivity index (χ0) is 21.6. The molecular weight excluding hydrogens is 398 g/mol. The number of aromatic amines is 1. The SMILES string of the molecule is CNS(=O)(=O)c1cccc(CNC(=O)c2[nH]c(C)c(C(=O)OCCOC)c2C)c1. The molecule has 0 bridgehead atoms. The van der Waals surface area contributed by atoms with Crippen molar-refractivity contribution in [2.24, 2.45) is 0 Å². The molecule has 0 aliphatic rings. The van der Waals surface area contributed by atoms with Crippen molar-refractivity contribution in [3.8, 4) is 0 Å². The van der Waals surface area contributed by atoms with Crippen LogP contribution in [-0.2, 0) is 26.0 Å². The maximum atomic E-state index is 12.6. The van der Waals surface area contributed by atoms with Gasteiger partial charge in [-0.1, -0.05) is 12.1 Å². The number of benzene rings is 1. The van der Waals surface area contributed by atoms with E-state index >= 15 is 0 Å². The fourth-order valence-corrected chi connectivity index (χ4v) is 3.58. The number of sulfonamides is 1. The fraction of sp³-hybridized carbons (Fsp3) is 0.368. The number of rotatable bonds is 9. The molecule has 0 atom stereocenters. The Morgan fingerprint density at radius 2 is 1.90 bits per heavy atom. The zero-order valence-electron chi connectivity index (χ0n) is 16.8. The summed E-state index contributed by atoms with van der Waals surface area (Å²) in [4.78, 5) is 27.9. The lowest BCUT2D eigenvalue weighted by atomic mass is 10.1. The molecule has 0 aliphatic carbocycles. The second-order valence-electron chi connectivity index (χ2n) is 6.29. The Bertz CT molecular complexity index is 997. The van der Waals surface area contributed by atoms with E-state index in [9.17, 15) is 18.0 Å². The van der Waals surface area contributed by atoms with Gasteiger partial charge in [0.05, 0.1) is 17.1 Å². The third kappa shape index (κ3) is 5.43. The normalized spacial score (nSPS) is 11.3. The van der Waals surface area contributed by atoms with Gasteiger partial charge in [0.1, 0.15) is 12.3 Å². The molecule has 0 saturated carbocycles. The lowest BCUT2D eigenvalue weighted by molar-refractivity contribution is 0.0386. The quantitative estimate of drug-likeness (QED) is 0.412. The van der Waals surface area contributed by atoms with Crippen LogP contribution < -0.4 is 10.0 Å². The lowest BCUT2D eigenvalue weighted by Gasteiger charge is -2.08. The van der Waals surface area contributed by atoms with Crippen LogP contribution in [0.25, 0.3) is 0 Å². The van der Waals surface area contributed by atoms with Crippen LogP contribution in [0, 0.1) is 13.8 Å². The van der Waals surface area contributed by atoms with Crippen molar-refractivity contribution in [1.29, 1.82) is 0 Å². The molecule has 2 aromatic rings. The smallest absolute Gasteiger partial charge is 0.340 e. The van der Waals surface area contributed by atoms with Gasteiger partial charge in [0.2, 0.25) is 10.0 Å². The Balaban J connectivity index is 2.11. The van der Waals surface area contributed by atoms with Crippen LogP contribution in [0.2, 0.25) is 0 Å². The average Bonchev–Trinajstić information content (AvgIpc) is 3.00. The van der Waals surface area contributed by atoms with Gasteiger partial charge in [-0.05, 0) is 44.2 Å². The second kappa shape index (κ2) is 9.68. The number of carbonyl (C=O) groups is 2. The molecule has 1 aromatic heterocycles. The minimum absolute atomic E-state index is 0.111. The van der Waals surface area contributed by atoms with Crippen molar-refractivity contribution in [3.05, 3.63) is 52.3 Å². The Morgan fingerprint density at radius 1 is 1.17 bits per heavy atom. The molecule has 1 heterocycles. The van der Waals surface area contributed by atoms with Gasteiger partial charge in [0, 0.05) is 19.3 Å². The molecular formula is C19H25N3O6S. The van der Waals surface area contributed by atoms with Crippen LogP contribution in [0.3, 0.4) is 0 Å². The van der Waals surface area contributed by atoms with Gasteiger partial charge in [0.25, 0.3) is 5.91 Å². The molecule has 0 unspecified atom stereocenters. The van der Waals surface area contributed by atoms with Crippen LogP contribution in [0.1, 0.15) is 37.7 Å². The van der Waals surface area contributed by atoms with E-state index in [2.05, 4.69) is 15.0 Å². The first kappa shape index (κ1) is 22.6. The van der Waals surface area contributed by atoms with Gasteiger partial charge in [0.15, 0.2) is 0 Å². The number of aryl methyl sites for hydroxylation is 1. The highest BCUT2D eigenvalue weighted by atomic mass is 32.2. The number of H-pyrrole nitrogens is 1. The predicted octanol–water partition coefficient (Wildman–Crippen LogP) is 1.27. The van der Waals surface area contributed by atoms with E-state index < -0.39 is 21.9 Å². The summed E-state index contributed by atoms with van der Waals surface area (Å²) in [6, 6.07) is 6.26. The first-order valence-electron chi connectivity index (χ1n) is 8.87. The maximum Gasteiger partial charge on any atom is 0.340 e. The minimum atomic E-state index is -3.57. The summed E-state index contributed by atoms with van der Waals surface area (Å²) in [6.45, 7) is 3.86. The van der Waals surface area contributed by atoms with Gasteiger partial charge >= 0.3 is 5.97 Å². The van der Waals surface area contributed by atoms with E-state index in [1.165, 1.54) is 26.3 Å². The third-order valence-corrected chi connectivity index (χ3v) is 5.73. The molecule has 10 heteroatoms. The third-order valence-electron chi connectivity index (χ3n) is 4.32. The van der Waals surface area contributed by atoms with E-state index in [4.69, 9.17) is 9.47 Å². The molecule has 0 saturated heterocycles. The number of hydrogen-bond donors (Lipinski definition) is 3. The Morgan fingerprint density at radius 3 is 2.55 bits per heavy atom. The molecule has 2 rings (SSSR count).